The maximum Gasteiger partial charge on any atom is 0.291 e. The van der Waals surface area contributed by atoms with Gasteiger partial charge in [-0.1, -0.05) is 17.7 Å². The van der Waals surface area contributed by atoms with E-state index in [2.05, 4.69) is 5.32 Å². The van der Waals surface area contributed by atoms with Gasteiger partial charge in [0, 0.05) is 23.9 Å². The Balaban J connectivity index is 1.44. The van der Waals surface area contributed by atoms with Crippen LogP contribution in [-0.2, 0) is 11.3 Å². The summed E-state index contributed by atoms with van der Waals surface area (Å²) >= 11 is 6.10. The molecule has 2 aromatic heterocycles. The van der Waals surface area contributed by atoms with Crippen molar-refractivity contribution in [1.29, 1.82) is 0 Å². The van der Waals surface area contributed by atoms with Crippen LogP contribution in [0.5, 0.6) is 5.75 Å². The minimum Gasteiger partial charge on any atom is -0.489 e. The molecule has 8 heteroatoms. The van der Waals surface area contributed by atoms with E-state index in [0.717, 1.165) is 19.4 Å². The molecular formula is C22H21ClN2O5. The first-order valence-electron chi connectivity index (χ1n) is 9.68. The first kappa shape index (κ1) is 20.3. The molecule has 4 rings (SSSR count). The molecule has 1 fully saturated rings. The molecule has 1 aliphatic rings. The Morgan fingerprint density at radius 2 is 2.13 bits per heavy atom. The van der Waals surface area contributed by atoms with E-state index in [0.29, 0.717) is 28.8 Å². The zero-order valence-corrected chi connectivity index (χ0v) is 16.9. The SMILES string of the molecule is O=C(Nc1cc(Cl)ccc1OCC1CCCO1)c1ccc(Cn2ccccc2=O)o1. The van der Waals surface area contributed by atoms with Crippen LogP contribution in [0.3, 0.4) is 0 Å². The van der Waals surface area contributed by atoms with E-state index in [9.17, 15) is 9.59 Å². The lowest BCUT2D eigenvalue weighted by atomic mass is 10.2. The second-order valence-electron chi connectivity index (χ2n) is 6.97. The summed E-state index contributed by atoms with van der Waals surface area (Å²) in [6.07, 6.45) is 3.69. The molecule has 3 aromatic rings. The van der Waals surface area contributed by atoms with Gasteiger partial charge in [-0.3, -0.25) is 9.59 Å². The van der Waals surface area contributed by atoms with Crippen molar-refractivity contribution in [3.05, 3.63) is 81.6 Å². The van der Waals surface area contributed by atoms with Gasteiger partial charge in [-0.25, -0.2) is 0 Å². The Morgan fingerprint density at radius 1 is 1.23 bits per heavy atom. The van der Waals surface area contributed by atoms with E-state index in [4.69, 9.17) is 25.5 Å². The number of hydrogen-bond donors (Lipinski definition) is 1. The average Bonchev–Trinajstić information content (AvgIpc) is 3.41. The fraction of sp³-hybridized carbons (Fsp3) is 0.273. The van der Waals surface area contributed by atoms with Crippen molar-refractivity contribution < 1.29 is 18.7 Å². The topological polar surface area (TPSA) is 82.7 Å². The third kappa shape index (κ3) is 4.93. The van der Waals surface area contributed by atoms with E-state index in [1.807, 2.05) is 0 Å². The Hall–Kier alpha value is -3.03. The number of furan rings is 1. The third-order valence-corrected chi connectivity index (χ3v) is 4.98. The first-order valence-corrected chi connectivity index (χ1v) is 10.1. The van der Waals surface area contributed by atoms with Gasteiger partial charge in [-0.15, -0.1) is 0 Å². The predicted octanol–water partition coefficient (Wildman–Crippen LogP) is 3.95. The van der Waals surface area contributed by atoms with E-state index < -0.39 is 5.91 Å². The van der Waals surface area contributed by atoms with Crippen LogP contribution >= 0.6 is 11.6 Å². The number of nitrogens with one attached hydrogen (secondary N) is 1. The zero-order valence-electron chi connectivity index (χ0n) is 16.2. The highest BCUT2D eigenvalue weighted by Crippen LogP contribution is 2.29. The van der Waals surface area contributed by atoms with Gasteiger partial charge >= 0.3 is 0 Å². The lowest BCUT2D eigenvalue weighted by molar-refractivity contribution is 0.0682. The van der Waals surface area contributed by atoms with Gasteiger partial charge in [0.2, 0.25) is 0 Å². The molecule has 1 atom stereocenters. The van der Waals surface area contributed by atoms with Gasteiger partial charge in [-0.2, -0.15) is 0 Å². The number of halogens is 1. The summed E-state index contributed by atoms with van der Waals surface area (Å²) in [5.41, 5.74) is 0.301. The van der Waals surface area contributed by atoms with Crippen molar-refractivity contribution in [3.63, 3.8) is 0 Å². The Morgan fingerprint density at radius 3 is 2.93 bits per heavy atom. The molecule has 1 unspecified atom stereocenters. The fourth-order valence-electron chi connectivity index (χ4n) is 3.21. The molecule has 1 aromatic carbocycles. The fourth-order valence-corrected chi connectivity index (χ4v) is 3.38. The molecule has 3 heterocycles. The van der Waals surface area contributed by atoms with Crippen molar-refractivity contribution in [2.24, 2.45) is 0 Å². The van der Waals surface area contributed by atoms with Crippen molar-refractivity contribution >= 4 is 23.2 Å². The number of benzene rings is 1. The van der Waals surface area contributed by atoms with Crippen molar-refractivity contribution in [2.75, 3.05) is 18.5 Å². The number of aromatic nitrogens is 1. The molecule has 0 radical (unpaired) electrons. The average molecular weight is 429 g/mol. The molecule has 1 saturated heterocycles. The van der Waals surface area contributed by atoms with E-state index >= 15 is 0 Å². The molecule has 156 valence electrons. The molecular weight excluding hydrogens is 408 g/mol. The van der Waals surface area contributed by atoms with E-state index in [1.165, 1.54) is 10.6 Å². The summed E-state index contributed by atoms with van der Waals surface area (Å²) in [7, 11) is 0. The standard InChI is InChI=1S/C22H21ClN2O5/c23-15-6-8-19(29-14-17-4-3-11-28-17)18(12-15)24-22(27)20-9-7-16(30-20)13-25-10-2-1-5-21(25)26/h1-2,5-10,12,17H,3-4,11,13-14H2,(H,24,27). The maximum atomic E-state index is 12.7. The molecule has 0 bridgehead atoms. The number of pyridine rings is 1. The number of carbonyl (C=O) groups is 1. The molecule has 30 heavy (non-hydrogen) atoms. The van der Waals surface area contributed by atoms with Crippen LogP contribution in [0.2, 0.25) is 5.02 Å². The molecule has 7 nitrogen and oxygen atoms in total. The highest BCUT2D eigenvalue weighted by molar-refractivity contribution is 6.31. The Bertz CT molecular complexity index is 1080. The largest absolute Gasteiger partial charge is 0.489 e. The summed E-state index contributed by atoms with van der Waals surface area (Å²) in [5.74, 6) is 0.685. The number of nitrogens with zero attached hydrogens (tertiary/aromatic N) is 1. The Labute approximate surface area is 178 Å². The van der Waals surface area contributed by atoms with Crippen molar-refractivity contribution in [2.45, 2.75) is 25.5 Å². The number of amides is 1. The summed E-state index contributed by atoms with van der Waals surface area (Å²) < 4.78 is 18.5. The zero-order chi connectivity index (χ0) is 20.9. The molecule has 1 aliphatic heterocycles. The molecule has 1 N–H and O–H groups in total. The summed E-state index contributed by atoms with van der Waals surface area (Å²) in [6.45, 7) is 1.38. The van der Waals surface area contributed by atoms with Crippen LogP contribution in [0.25, 0.3) is 0 Å². The van der Waals surface area contributed by atoms with Gasteiger partial charge in [0.25, 0.3) is 11.5 Å². The van der Waals surface area contributed by atoms with Gasteiger partial charge in [-0.05, 0) is 49.2 Å². The molecule has 0 aliphatic carbocycles. The van der Waals surface area contributed by atoms with Crippen LogP contribution in [-0.4, -0.2) is 29.8 Å². The van der Waals surface area contributed by atoms with E-state index in [-0.39, 0.29) is 24.0 Å². The van der Waals surface area contributed by atoms with Gasteiger partial charge < -0.3 is 23.8 Å². The third-order valence-electron chi connectivity index (χ3n) is 4.75. The monoisotopic (exact) mass is 428 g/mol. The molecule has 0 spiro atoms. The minimum atomic E-state index is -0.439. The quantitative estimate of drug-likeness (QED) is 0.616. The molecule has 1 amide bonds. The summed E-state index contributed by atoms with van der Waals surface area (Å²) in [5, 5.41) is 3.25. The maximum absolute atomic E-state index is 12.7. The summed E-state index contributed by atoms with van der Waals surface area (Å²) in [4.78, 5) is 24.5. The number of rotatable bonds is 7. The second kappa shape index (κ2) is 9.19. The van der Waals surface area contributed by atoms with Crippen LogP contribution in [0, 0.1) is 0 Å². The molecule has 0 saturated carbocycles. The highest BCUT2D eigenvalue weighted by Gasteiger charge is 2.18. The number of hydrogen-bond acceptors (Lipinski definition) is 5. The first-order chi connectivity index (χ1) is 14.6. The van der Waals surface area contributed by atoms with Crippen LogP contribution in [0.15, 0.2) is 63.9 Å². The summed E-state index contributed by atoms with van der Waals surface area (Å²) in [6, 6.07) is 13.2. The smallest absolute Gasteiger partial charge is 0.291 e. The minimum absolute atomic E-state index is 0.0539. The Kier molecular flexibility index (Phi) is 6.21. The van der Waals surface area contributed by atoms with E-state index in [1.54, 1.807) is 48.7 Å². The van der Waals surface area contributed by atoms with Crippen LogP contribution in [0.1, 0.15) is 29.2 Å². The van der Waals surface area contributed by atoms with Gasteiger partial charge in [0.05, 0.1) is 18.3 Å². The lowest BCUT2D eigenvalue weighted by Gasteiger charge is -2.15. The lowest BCUT2D eigenvalue weighted by Crippen LogP contribution is -2.18. The number of carbonyl (C=O) groups excluding carboxylic acids is 1. The van der Waals surface area contributed by atoms with Crippen LogP contribution in [0.4, 0.5) is 5.69 Å². The van der Waals surface area contributed by atoms with Gasteiger partial charge in [0.1, 0.15) is 18.1 Å². The van der Waals surface area contributed by atoms with Gasteiger partial charge in [0.15, 0.2) is 5.76 Å². The highest BCUT2D eigenvalue weighted by atomic mass is 35.5. The van der Waals surface area contributed by atoms with Crippen molar-refractivity contribution in [1.82, 2.24) is 4.57 Å². The van der Waals surface area contributed by atoms with Crippen LogP contribution < -0.4 is 15.6 Å². The second-order valence-corrected chi connectivity index (χ2v) is 7.41. The number of ether oxygens (including phenoxy) is 2. The predicted molar refractivity (Wildman–Crippen MR) is 112 cm³/mol. The van der Waals surface area contributed by atoms with Crippen molar-refractivity contribution in [3.8, 4) is 5.75 Å². The number of anilines is 1. The normalized spacial score (nSPS) is 15.8.